The Morgan fingerprint density at radius 1 is 1.27 bits per heavy atom. The summed E-state index contributed by atoms with van der Waals surface area (Å²) in [5.74, 6) is -0.960. The largest absolute Gasteiger partial charge is 0.478 e. The molecule has 3 N–H and O–H groups in total. The summed E-state index contributed by atoms with van der Waals surface area (Å²) in [6.45, 7) is 2.19. The molecule has 1 aliphatic rings. The highest BCUT2D eigenvalue weighted by Gasteiger charge is 2.28. The Morgan fingerprint density at radius 2 is 2.00 bits per heavy atom. The van der Waals surface area contributed by atoms with Gasteiger partial charge in [-0.2, -0.15) is 0 Å². The molecule has 1 aliphatic carbocycles. The topological polar surface area (TPSA) is 95.5 Å². The highest BCUT2D eigenvalue weighted by molar-refractivity contribution is 5.94. The third-order valence-corrected chi connectivity index (χ3v) is 3.58. The number of aromatic carboxylic acids is 1. The van der Waals surface area contributed by atoms with Gasteiger partial charge in [0.15, 0.2) is 0 Å². The van der Waals surface area contributed by atoms with Crippen molar-refractivity contribution >= 4 is 23.5 Å². The number of benzene rings is 1. The maximum Gasteiger partial charge on any atom is 0.336 e. The lowest BCUT2D eigenvalue weighted by Crippen LogP contribution is -2.26. The van der Waals surface area contributed by atoms with Crippen LogP contribution < -0.4 is 10.6 Å². The molecule has 0 aliphatic heterocycles. The Bertz CT molecular complexity index is 594. The zero-order valence-electron chi connectivity index (χ0n) is 12.5. The second kappa shape index (κ2) is 7.06. The van der Waals surface area contributed by atoms with Gasteiger partial charge in [0, 0.05) is 24.6 Å². The summed E-state index contributed by atoms with van der Waals surface area (Å²) in [5.41, 5.74) is 1.29. The van der Waals surface area contributed by atoms with Crippen LogP contribution in [0.5, 0.6) is 0 Å². The SMILES string of the molecule is Cc1ccc(NC(=O)CCCNC(=O)C2CC2)cc1C(=O)O. The van der Waals surface area contributed by atoms with Crippen LogP contribution in [0, 0.1) is 12.8 Å². The molecular weight excluding hydrogens is 284 g/mol. The van der Waals surface area contributed by atoms with Crippen molar-refractivity contribution in [3.8, 4) is 0 Å². The van der Waals surface area contributed by atoms with Crippen LogP contribution in [0.2, 0.25) is 0 Å². The second-order valence-corrected chi connectivity index (χ2v) is 5.55. The van der Waals surface area contributed by atoms with Crippen LogP contribution in [0.4, 0.5) is 5.69 Å². The van der Waals surface area contributed by atoms with E-state index >= 15 is 0 Å². The molecule has 1 fully saturated rings. The summed E-state index contributed by atoms with van der Waals surface area (Å²) in [6, 6.07) is 4.79. The summed E-state index contributed by atoms with van der Waals surface area (Å²) < 4.78 is 0. The van der Waals surface area contributed by atoms with Gasteiger partial charge in [-0.15, -0.1) is 0 Å². The van der Waals surface area contributed by atoms with E-state index in [-0.39, 0.29) is 29.7 Å². The van der Waals surface area contributed by atoms with Crippen LogP contribution in [0.25, 0.3) is 0 Å². The Hall–Kier alpha value is -2.37. The second-order valence-electron chi connectivity index (χ2n) is 5.55. The van der Waals surface area contributed by atoms with E-state index in [9.17, 15) is 14.4 Å². The zero-order chi connectivity index (χ0) is 16.1. The molecule has 22 heavy (non-hydrogen) atoms. The molecule has 0 radical (unpaired) electrons. The highest BCUT2D eigenvalue weighted by atomic mass is 16.4. The molecule has 2 amide bonds. The van der Waals surface area contributed by atoms with E-state index in [2.05, 4.69) is 10.6 Å². The number of nitrogens with one attached hydrogen (secondary N) is 2. The fourth-order valence-electron chi connectivity index (χ4n) is 2.10. The average molecular weight is 304 g/mol. The van der Waals surface area contributed by atoms with Crippen molar-refractivity contribution < 1.29 is 19.5 Å². The molecule has 0 unspecified atom stereocenters. The van der Waals surface area contributed by atoms with Gasteiger partial charge >= 0.3 is 5.97 Å². The first-order valence-electron chi connectivity index (χ1n) is 7.39. The van der Waals surface area contributed by atoms with E-state index < -0.39 is 5.97 Å². The molecule has 0 saturated heterocycles. The Labute approximate surface area is 128 Å². The molecule has 0 spiro atoms. The van der Waals surface area contributed by atoms with Crippen molar-refractivity contribution in [1.82, 2.24) is 5.32 Å². The average Bonchev–Trinajstić information content (AvgIpc) is 3.29. The fraction of sp³-hybridized carbons (Fsp3) is 0.438. The van der Waals surface area contributed by atoms with Crippen LogP contribution in [0.3, 0.4) is 0 Å². The Balaban J connectivity index is 1.75. The van der Waals surface area contributed by atoms with Crippen molar-refractivity contribution in [3.05, 3.63) is 29.3 Å². The number of rotatable bonds is 7. The molecule has 0 aromatic heterocycles. The van der Waals surface area contributed by atoms with Gasteiger partial charge in [-0.3, -0.25) is 9.59 Å². The predicted octanol–water partition coefficient (Wildman–Crippen LogP) is 1.94. The molecule has 0 bridgehead atoms. The Morgan fingerprint density at radius 3 is 2.64 bits per heavy atom. The van der Waals surface area contributed by atoms with Gasteiger partial charge in [-0.05, 0) is 43.9 Å². The quantitative estimate of drug-likeness (QED) is 0.671. The van der Waals surface area contributed by atoms with Gasteiger partial charge in [-0.1, -0.05) is 6.07 Å². The molecule has 1 aromatic carbocycles. The summed E-state index contributed by atoms with van der Waals surface area (Å²) in [5, 5.41) is 14.5. The van der Waals surface area contributed by atoms with Crippen molar-refractivity contribution in [2.45, 2.75) is 32.6 Å². The normalized spacial score (nSPS) is 13.5. The predicted molar refractivity (Wildman–Crippen MR) is 81.7 cm³/mol. The van der Waals surface area contributed by atoms with Crippen LogP contribution in [-0.2, 0) is 9.59 Å². The lowest BCUT2D eigenvalue weighted by molar-refractivity contribution is -0.122. The number of aryl methyl sites for hydroxylation is 1. The number of carboxylic acids is 1. The summed E-state index contributed by atoms with van der Waals surface area (Å²) in [7, 11) is 0. The van der Waals surface area contributed by atoms with Crippen LogP contribution in [-0.4, -0.2) is 29.4 Å². The smallest absolute Gasteiger partial charge is 0.336 e. The van der Waals surface area contributed by atoms with Gasteiger partial charge in [0.2, 0.25) is 11.8 Å². The number of carbonyl (C=O) groups excluding carboxylic acids is 2. The van der Waals surface area contributed by atoms with Gasteiger partial charge in [-0.25, -0.2) is 4.79 Å². The number of amides is 2. The summed E-state index contributed by atoms with van der Waals surface area (Å²) in [4.78, 5) is 34.2. The third-order valence-electron chi connectivity index (χ3n) is 3.58. The van der Waals surface area contributed by atoms with E-state index in [0.29, 0.717) is 24.2 Å². The first-order valence-corrected chi connectivity index (χ1v) is 7.39. The van der Waals surface area contributed by atoms with E-state index in [1.165, 1.54) is 6.07 Å². The molecule has 118 valence electrons. The number of hydrogen-bond donors (Lipinski definition) is 3. The first-order chi connectivity index (χ1) is 10.5. The van der Waals surface area contributed by atoms with Crippen LogP contribution >= 0.6 is 0 Å². The first kappa shape index (κ1) is 16.0. The molecule has 2 rings (SSSR count). The van der Waals surface area contributed by atoms with Crippen molar-refractivity contribution in [2.75, 3.05) is 11.9 Å². The molecular formula is C16H20N2O4. The lowest BCUT2D eigenvalue weighted by Gasteiger charge is -2.08. The zero-order valence-corrected chi connectivity index (χ0v) is 12.5. The molecule has 0 heterocycles. The monoisotopic (exact) mass is 304 g/mol. The number of anilines is 1. The molecule has 6 nitrogen and oxygen atoms in total. The molecule has 6 heteroatoms. The standard InChI is InChI=1S/C16H20N2O4/c1-10-4-7-12(9-13(10)16(21)22)18-14(19)3-2-8-17-15(20)11-5-6-11/h4,7,9,11H,2-3,5-6,8H2,1H3,(H,17,20)(H,18,19)(H,21,22). The third kappa shape index (κ3) is 4.58. The van der Waals surface area contributed by atoms with Crippen LogP contribution in [0.1, 0.15) is 41.6 Å². The minimum Gasteiger partial charge on any atom is -0.478 e. The minimum atomic E-state index is -1.02. The van der Waals surface area contributed by atoms with Crippen molar-refractivity contribution in [1.29, 1.82) is 0 Å². The van der Waals surface area contributed by atoms with Crippen molar-refractivity contribution in [3.63, 3.8) is 0 Å². The Kier molecular flexibility index (Phi) is 5.14. The number of hydrogen-bond acceptors (Lipinski definition) is 3. The molecule has 1 aromatic rings. The van der Waals surface area contributed by atoms with Gasteiger partial charge in [0.25, 0.3) is 0 Å². The van der Waals surface area contributed by atoms with E-state index in [1.54, 1.807) is 19.1 Å². The number of carboxylic acid groups (broad SMARTS) is 1. The highest BCUT2D eigenvalue weighted by Crippen LogP contribution is 2.28. The molecule has 0 atom stereocenters. The van der Waals surface area contributed by atoms with Gasteiger partial charge < -0.3 is 15.7 Å². The fourth-order valence-corrected chi connectivity index (χ4v) is 2.10. The number of carbonyl (C=O) groups is 3. The summed E-state index contributed by atoms with van der Waals surface area (Å²) in [6.07, 6.45) is 2.76. The van der Waals surface area contributed by atoms with Crippen molar-refractivity contribution in [2.24, 2.45) is 5.92 Å². The summed E-state index contributed by atoms with van der Waals surface area (Å²) >= 11 is 0. The van der Waals surface area contributed by atoms with Crippen LogP contribution in [0.15, 0.2) is 18.2 Å². The minimum absolute atomic E-state index is 0.0741. The van der Waals surface area contributed by atoms with E-state index in [1.807, 2.05) is 0 Å². The van der Waals surface area contributed by atoms with E-state index in [4.69, 9.17) is 5.11 Å². The van der Waals surface area contributed by atoms with E-state index in [0.717, 1.165) is 12.8 Å². The lowest BCUT2D eigenvalue weighted by atomic mass is 10.1. The van der Waals surface area contributed by atoms with Gasteiger partial charge in [0.05, 0.1) is 5.56 Å². The maximum absolute atomic E-state index is 11.8. The maximum atomic E-state index is 11.8. The molecule has 1 saturated carbocycles. The van der Waals surface area contributed by atoms with Gasteiger partial charge in [0.1, 0.15) is 0 Å².